The molecule has 2 atom stereocenters. The molecule has 0 rings (SSSR count). The lowest BCUT2D eigenvalue weighted by molar-refractivity contribution is -0.870. The van der Waals surface area contributed by atoms with Crippen molar-refractivity contribution in [2.75, 3.05) is 54.1 Å². The van der Waals surface area contributed by atoms with Crippen LogP contribution in [0.4, 0.5) is 0 Å². The van der Waals surface area contributed by atoms with Crippen LogP contribution in [-0.4, -0.2) is 70.7 Å². The zero-order valence-corrected chi connectivity index (χ0v) is 38.2. The van der Waals surface area contributed by atoms with Gasteiger partial charge in [-0.1, -0.05) is 151 Å². The maximum Gasteiger partial charge on any atom is 0.306 e. The van der Waals surface area contributed by atoms with Gasteiger partial charge in [-0.3, -0.25) is 9.36 Å². The number of nitrogens with zero attached hydrogens (tertiary/aromatic N) is 1. The monoisotopic (exact) mass is 820 g/mol. The number of phosphoric ester groups is 1. The van der Waals surface area contributed by atoms with E-state index >= 15 is 0 Å². The molecule has 0 aliphatic heterocycles. The molecule has 0 radical (unpaired) electrons. The molecule has 0 saturated carbocycles. The fourth-order valence-electron chi connectivity index (χ4n) is 5.74. The fourth-order valence-corrected chi connectivity index (χ4v) is 6.47. The van der Waals surface area contributed by atoms with Gasteiger partial charge < -0.3 is 27.9 Å². The summed E-state index contributed by atoms with van der Waals surface area (Å²) in [7, 11) is 1.32. The molecule has 330 valence electrons. The summed E-state index contributed by atoms with van der Waals surface area (Å²) >= 11 is 0. The third kappa shape index (κ3) is 44.9. The predicted molar refractivity (Wildman–Crippen MR) is 240 cm³/mol. The molecule has 0 bridgehead atoms. The van der Waals surface area contributed by atoms with Gasteiger partial charge in [0.05, 0.1) is 34.4 Å². The van der Waals surface area contributed by atoms with E-state index < -0.39 is 13.9 Å². The van der Waals surface area contributed by atoms with Crippen LogP contribution >= 0.6 is 7.82 Å². The summed E-state index contributed by atoms with van der Waals surface area (Å²) in [5.74, 6) is -0.369. The molecule has 0 fully saturated rings. The van der Waals surface area contributed by atoms with Crippen molar-refractivity contribution in [2.24, 2.45) is 0 Å². The van der Waals surface area contributed by atoms with E-state index in [1.807, 2.05) is 21.1 Å². The number of allylic oxidation sites excluding steroid dienone is 12. The number of likely N-dealkylation sites (N-methyl/N-ethyl adjacent to an activating group) is 1. The minimum absolute atomic E-state index is 0.0147. The summed E-state index contributed by atoms with van der Waals surface area (Å²) in [5.41, 5.74) is 0. The Hall–Kier alpha value is -2.06. The molecule has 0 aromatic heterocycles. The molecule has 0 N–H and O–H groups in total. The topological polar surface area (TPSA) is 94.1 Å². The number of ether oxygens (including phenoxy) is 2. The molecule has 9 heteroatoms. The van der Waals surface area contributed by atoms with E-state index in [9.17, 15) is 14.3 Å². The van der Waals surface area contributed by atoms with Crippen LogP contribution in [0.3, 0.4) is 0 Å². The molecule has 0 amide bonds. The van der Waals surface area contributed by atoms with Crippen molar-refractivity contribution < 1.29 is 37.3 Å². The Labute approximate surface area is 351 Å². The number of hydrogen-bond donors (Lipinski definition) is 0. The van der Waals surface area contributed by atoms with Gasteiger partial charge >= 0.3 is 5.97 Å². The van der Waals surface area contributed by atoms with Gasteiger partial charge in [-0.2, -0.15) is 0 Å². The maximum atomic E-state index is 12.7. The van der Waals surface area contributed by atoms with E-state index in [0.717, 1.165) is 70.6 Å². The first kappa shape index (κ1) is 54.9. The number of carbonyl (C=O) groups excluding carboxylic acids is 1. The molecular formula is C48H86NO7P. The van der Waals surface area contributed by atoms with E-state index in [0.29, 0.717) is 24.1 Å². The Morgan fingerprint density at radius 3 is 1.54 bits per heavy atom. The van der Waals surface area contributed by atoms with E-state index in [1.54, 1.807) is 0 Å². The molecular weight excluding hydrogens is 734 g/mol. The first-order chi connectivity index (χ1) is 27.6. The molecule has 8 nitrogen and oxygen atoms in total. The molecule has 0 aromatic carbocycles. The average molecular weight is 820 g/mol. The van der Waals surface area contributed by atoms with Crippen molar-refractivity contribution in [2.45, 2.75) is 174 Å². The second-order valence-electron chi connectivity index (χ2n) is 16.0. The Kier molecular flexibility index (Phi) is 39.2. The van der Waals surface area contributed by atoms with Crippen LogP contribution in [0.15, 0.2) is 72.9 Å². The number of rotatable bonds is 41. The predicted octanol–water partition coefficient (Wildman–Crippen LogP) is 12.9. The van der Waals surface area contributed by atoms with Crippen LogP contribution in [-0.2, 0) is 27.9 Å². The molecule has 0 aliphatic carbocycles. The summed E-state index contributed by atoms with van der Waals surface area (Å²) in [6.07, 6.45) is 52.0. The number of unbranched alkanes of at least 4 members (excludes halogenated alkanes) is 15. The highest BCUT2D eigenvalue weighted by Crippen LogP contribution is 2.38. The Morgan fingerprint density at radius 2 is 1.02 bits per heavy atom. The second kappa shape index (κ2) is 40.7. The van der Waals surface area contributed by atoms with Gasteiger partial charge in [-0.25, -0.2) is 0 Å². The zero-order valence-electron chi connectivity index (χ0n) is 37.3. The third-order valence-electron chi connectivity index (χ3n) is 9.24. The van der Waals surface area contributed by atoms with Crippen molar-refractivity contribution in [1.29, 1.82) is 0 Å². The summed E-state index contributed by atoms with van der Waals surface area (Å²) in [6, 6.07) is 0. The highest BCUT2D eigenvalue weighted by atomic mass is 31.2. The molecule has 0 saturated heterocycles. The minimum Gasteiger partial charge on any atom is -0.756 e. The number of quaternary nitrogens is 1. The van der Waals surface area contributed by atoms with Crippen LogP contribution in [0.2, 0.25) is 0 Å². The molecule has 0 heterocycles. The van der Waals surface area contributed by atoms with Crippen molar-refractivity contribution in [3.8, 4) is 0 Å². The minimum atomic E-state index is -4.54. The van der Waals surface area contributed by atoms with Gasteiger partial charge in [0, 0.05) is 13.0 Å². The second-order valence-corrected chi connectivity index (χ2v) is 17.4. The van der Waals surface area contributed by atoms with Gasteiger partial charge in [0.15, 0.2) is 0 Å². The molecule has 2 unspecified atom stereocenters. The lowest BCUT2D eigenvalue weighted by Gasteiger charge is -2.28. The first-order valence-electron chi connectivity index (χ1n) is 22.7. The van der Waals surface area contributed by atoms with Gasteiger partial charge in [0.2, 0.25) is 0 Å². The van der Waals surface area contributed by atoms with Crippen LogP contribution in [0.5, 0.6) is 0 Å². The summed E-state index contributed by atoms with van der Waals surface area (Å²) in [5, 5.41) is 0. The van der Waals surface area contributed by atoms with E-state index in [4.69, 9.17) is 18.5 Å². The smallest absolute Gasteiger partial charge is 0.306 e. The number of esters is 1. The average Bonchev–Trinajstić information content (AvgIpc) is 3.16. The lowest BCUT2D eigenvalue weighted by atomic mass is 10.1. The SMILES string of the molecule is CC/C=C\C/C=C\C/C=C\C/C=C\C/C=C\CCCCCC(=O)OC(COCCCCCCCC/C=C\CCCCCCCC)COP(=O)([O-])OCC[N+](C)(C)C. The zero-order chi connectivity index (χ0) is 42.0. The molecule has 57 heavy (non-hydrogen) atoms. The van der Waals surface area contributed by atoms with Crippen LogP contribution < -0.4 is 4.89 Å². The van der Waals surface area contributed by atoms with E-state index in [2.05, 4.69) is 86.8 Å². The van der Waals surface area contributed by atoms with Crippen molar-refractivity contribution in [1.82, 2.24) is 0 Å². The van der Waals surface area contributed by atoms with E-state index in [-0.39, 0.29) is 32.2 Å². The number of phosphoric acid groups is 1. The lowest BCUT2D eigenvalue weighted by Crippen LogP contribution is -2.37. The molecule has 0 aromatic rings. The van der Waals surface area contributed by atoms with Gasteiger partial charge in [0.25, 0.3) is 7.82 Å². The van der Waals surface area contributed by atoms with Crippen LogP contribution in [0.25, 0.3) is 0 Å². The van der Waals surface area contributed by atoms with Crippen molar-refractivity contribution in [3.63, 3.8) is 0 Å². The Bertz CT molecular complexity index is 1140. The highest BCUT2D eigenvalue weighted by molar-refractivity contribution is 7.45. The largest absolute Gasteiger partial charge is 0.756 e. The van der Waals surface area contributed by atoms with Crippen molar-refractivity contribution in [3.05, 3.63) is 72.9 Å². The van der Waals surface area contributed by atoms with Gasteiger partial charge in [-0.15, -0.1) is 0 Å². The standard InChI is InChI=1S/C48H86NO7P/c1-6-8-10-12-14-16-18-20-22-24-25-26-27-29-31-33-35-37-39-41-48(50)56-47(46-55-57(51,52)54-44-42-49(3,4)5)45-53-43-40-38-36-34-32-30-28-23-21-19-17-15-13-11-9-7-2/h8,10,14,16,20-23,25-26,29,31,47H,6-7,9,11-13,15,17-19,24,27-28,30,32-46H2,1-5H3/b10-8-,16-14-,22-20-,23-21-,26-25-,31-29-. The van der Waals surface area contributed by atoms with E-state index in [1.165, 1.54) is 70.6 Å². The Balaban J connectivity index is 4.32. The molecule has 0 aliphatic rings. The summed E-state index contributed by atoms with van der Waals surface area (Å²) in [6.45, 7) is 5.22. The number of carbonyl (C=O) groups is 1. The Morgan fingerprint density at radius 1 is 0.561 bits per heavy atom. The normalized spacial score (nSPS) is 14.4. The summed E-state index contributed by atoms with van der Waals surface area (Å²) < 4.78 is 34.6. The third-order valence-corrected chi connectivity index (χ3v) is 10.2. The van der Waals surface area contributed by atoms with Gasteiger partial charge in [0.1, 0.15) is 19.3 Å². The quantitative estimate of drug-likeness (QED) is 0.0199. The number of hydrogen-bond acceptors (Lipinski definition) is 7. The maximum absolute atomic E-state index is 12.7. The van der Waals surface area contributed by atoms with Crippen LogP contribution in [0, 0.1) is 0 Å². The summed E-state index contributed by atoms with van der Waals surface area (Å²) in [4.78, 5) is 25.1. The molecule has 0 spiro atoms. The van der Waals surface area contributed by atoms with Gasteiger partial charge in [-0.05, 0) is 83.5 Å². The van der Waals surface area contributed by atoms with Crippen LogP contribution in [0.1, 0.15) is 168 Å². The highest BCUT2D eigenvalue weighted by Gasteiger charge is 2.20. The fraction of sp³-hybridized carbons (Fsp3) is 0.729. The van der Waals surface area contributed by atoms with Crippen molar-refractivity contribution >= 4 is 13.8 Å². The first-order valence-corrected chi connectivity index (χ1v) is 24.1.